The van der Waals surface area contributed by atoms with Crippen LogP contribution in [-0.4, -0.2) is 53.7 Å². The highest BCUT2D eigenvalue weighted by atomic mass is 16.6. The summed E-state index contributed by atoms with van der Waals surface area (Å²) in [6.07, 6.45) is 2.71. The zero-order chi connectivity index (χ0) is 17.7. The summed E-state index contributed by atoms with van der Waals surface area (Å²) in [5.74, 6) is 0.361. The third kappa shape index (κ3) is 5.11. The SMILES string of the molecule is CNC(=O)c1cc(OC2CCN(C(=O)OC(C)(C)C)CC2)ccn1. The van der Waals surface area contributed by atoms with E-state index in [4.69, 9.17) is 9.47 Å². The minimum Gasteiger partial charge on any atom is -0.490 e. The van der Waals surface area contributed by atoms with Crippen molar-refractivity contribution < 1.29 is 19.1 Å². The van der Waals surface area contributed by atoms with Gasteiger partial charge in [-0.25, -0.2) is 4.79 Å². The molecular formula is C17H25N3O4. The monoisotopic (exact) mass is 335 g/mol. The molecule has 0 bridgehead atoms. The second-order valence-electron chi connectivity index (χ2n) is 6.74. The molecule has 1 aromatic rings. The van der Waals surface area contributed by atoms with E-state index in [9.17, 15) is 9.59 Å². The third-order valence-electron chi connectivity index (χ3n) is 3.59. The molecule has 1 saturated heterocycles. The molecule has 0 radical (unpaired) electrons. The highest BCUT2D eigenvalue weighted by molar-refractivity contribution is 5.92. The van der Waals surface area contributed by atoms with Gasteiger partial charge in [0.15, 0.2) is 0 Å². The Morgan fingerprint density at radius 3 is 2.54 bits per heavy atom. The van der Waals surface area contributed by atoms with Crippen LogP contribution in [0.15, 0.2) is 18.3 Å². The molecule has 1 aliphatic heterocycles. The van der Waals surface area contributed by atoms with Gasteiger partial charge in [-0.1, -0.05) is 0 Å². The van der Waals surface area contributed by atoms with Gasteiger partial charge in [0.05, 0.1) is 0 Å². The van der Waals surface area contributed by atoms with Crippen LogP contribution in [-0.2, 0) is 4.74 Å². The first kappa shape index (κ1) is 18.0. The number of nitrogens with one attached hydrogen (secondary N) is 1. The van der Waals surface area contributed by atoms with E-state index in [1.54, 1.807) is 30.3 Å². The van der Waals surface area contributed by atoms with E-state index >= 15 is 0 Å². The van der Waals surface area contributed by atoms with Crippen LogP contribution < -0.4 is 10.1 Å². The average molecular weight is 335 g/mol. The Morgan fingerprint density at radius 2 is 1.96 bits per heavy atom. The van der Waals surface area contributed by atoms with Gasteiger partial charge >= 0.3 is 6.09 Å². The summed E-state index contributed by atoms with van der Waals surface area (Å²) in [5, 5.41) is 2.53. The number of aromatic nitrogens is 1. The maximum Gasteiger partial charge on any atom is 0.410 e. The van der Waals surface area contributed by atoms with Crippen LogP contribution in [0.4, 0.5) is 4.79 Å². The van der Waals surface area contributed by atoms with E-state index in [0.717, 1.165) is 12.8 Å². The Kier molecular flexibility index (Phi) is 5.64. The minimum atomic E-state index is -0.488. The highest BCUT2D eigenvalue weighted by Gasteiger charge is 2.27. The largest absolute Gasteiger partial charge is 0.490 e. The fourth-order valence-corrected chi connectivity index (χ4v) is 2.41. The lowest BCUT2D eigenvalue weighted by Crippen LogP contribution is -2.44. The van der Waals surface area contributed by atoms with Crippen molar-refractivity contribution in [2.24, 2.45) is 0 Å². The van der Waals surface area contributed by atoms with Gasteiger partial charge in [-0.2, -0.15) is 0 Å². The van der Waals surface area contributed by atoms with E-state index < -0.39 is 5.60 Å². The highest BCUT2D eigenvalue weighted by Crippen LogP contribution is 2.21. The van der Waals surface area contributed by atoms with E-state index in [0.29, 0.717) is 24.5 Å². The molecule has 0 spiro atoms. The lowest BCUT2D eigenvalue weighted by Gasteiger charge is -2.33. The summed E-state index contributed by atoms with van der Waals surface area (Å²) in [7, 11) is 1.56. The summed E-state index contributed by atoms with van der Waals surface area (Å²) >= 11 is 0. The Labute approximate surface area is 142 Å². The average Bonchev–Trinajstić information content (AvgIpc) is 2.53. The van der Waals surface area contributed by atoms with Gasteiger partial charge in [0.1, 0.15) is 23.1 Å². The predicted octanol–water partition coefficient (Wildman–Crippen LogP) is 2.22. The number of rotatable bonds is 3. The number of nitrogens with zero attached hydrogens (tertiary/aromatic N) is 2. The summed E-state index contributed by atoms with van der Waals surface area (Å²) < 4.78 is 11.3. The molecular weight excluding hydrogens is 310 g/mol. The molecule has 0 unspecified atom stereocenters. The van der Waals surface area contributed by atoms with E-state index in [2.05, 4.69) is 10.3 Å². The van der Waals surface area contributed by atoms with Crippen molar-refractivity contribution in [3.63, 3.8) is 0 Å². The van der Waals surface area contributed by atoms with Crippen molar-refractivity contribution in [2.75, 3.05) is 20.1 Å². The summed E-state index contributed by atoms with van der Waals surface area (Å²) in [4.78, 5) is 29.4. The lowest BCUT2D eigenvalue weighted by atomic mass is 10.1. The van der Waals surface area contributed by atoms with Crippen molar-refractivity contribution in [2.45, 2.75) is 45.3 Å². The smallest absolute Gasteiger partial charge is 0.410 e. The van der Waals surface area contributed by atoms with Crippen molar-refractivity contribution in [3.8, 4) is 5.75 Å². The fraction of sp³-hybridized carbons (Fsp3) is 0.588. The molecule has 1 aliphatic rings. The maximum absolute atomic E-state index is 12.0. The van der Waals surface area contributed by atoms with Crippen molar-refractivity contribution in [1.82, 2.24) is 15.2 Å². The number of hydrogen-bond acceptors (Lipinski definition) is 5. The molecule has 7 heteroatoms. The first-order valence-electron chi connectivity index (χ1n) is 8.11. The van der Waals surface area contributed by atoms with E-state index in [1.165, 1.54) is 0 Å². The van der Waals surface area contributed by atoms with Crippen LogP contribution >= 0.6 is 0 Å². The van der Waals surface area contributed by atoms with Gasteiger partial charge in [0.25, 0.3) is 5.91 Å². The second kappa shape index (κ2) is 7.51. The number of piperidine rings is 1. The zero-order valence-electron chi connectivity index (χ0n) is 14.7. The topological polar surface area (TPSA) is 80.8 Å². The molecule has 1 N–H and O–H groups in total. The molecule has 2 heterocycles. The van der Waals surface area contributed by atoms with Gasteiger partial charge in [-0.05, 0) is 26.8 Å². The van der Waals surface area contributed by atoms with Gasteiger partial charge < -0.3 is 19.7 Å². The Hall–Kier alpha value is -2.31. The standard InChI is InChI=1S/C17H25N3O4/c1-17(2,3)24-16(22)20-9-6-12(7-10-20)23-13-5-8-19-14(11-13)15(21)18-4/h5,8,11-12H,6-7,9-10H2,1-4H3,(H,18,21). The molecule has 2 rings (SSSR count). The summed E-state index contributed by atoms with van der Waals surface area (Å²) in [6, 6.07) is 3.35. The molecule has 1 fully saturated rings. The van der Waals surface area contributed by atoms with E-state index in [-0.39, 0.29) is 18.1 Å². The molecule has 0 saturated carbocycles. The van der Waals surface area contributed by atoms with Crippen LogP contribution in [0.1, 0.15) is 44.1 Å². The van der Waals surface area contributed by atoms with Crippen molar-refractivity contribution in [1.29, 1.82) is 0 Å². The fourth-order valence-electron chi connectivity index (χ4n) is 2.41. The van der Waals surface area contributed by atoms with Crippen LogP contribution in [0.2, 0.25) is 0 Å². The molecule has 132 valence electrons. The first-order chi connectivity index (χ1) is 11.3. The number of amides is 2. The normalized spacial score (nSPS) is 15.8. The van der Waals surface area contributed by atoms with Crippen LogP contribution in [0, 0.1) is 0 Å². The van der Waals surface area contributed by atoms with Gasteiger partial charge in [-0.3, -0.25) is 9.78 Å². The second-order valence-corrected chi connectivity index (χ2v) is 6.74. The predicted molar refractivity (Wildman–Crippen MR) is 89.1 cm³/mol. The molecule has 0 aromatic carbocycles. The number of ether oxygens (including phenoxy) is 2. The number of hydrogen-bond donors (Lipinski definition) is 1. The first-order valence-corrected chi connectivity index (χ1v) is 8.11. The van der Waals surface area contributed by atoms with Crippen molar-refractivity contribution in [3.05, 3.63) is 24.0 Å². The summed E-state index contributed by atoms with van der Waals surface area (Å²) in [6.45, 7) is 6.75. The Morgan fingerprint density at radius 1 is 1.29 bits per heavy atom. The van der Waals surface area contributed by atoms with Crippen LogP contribution in [0.25, 0.3) is 0 Å². The molecule has 24 heavy (non-hydrogen) atoms. The summed E-state index contributed by atoms with van der Waals surface area (Å²) in [5.41, 5.74) is -0.168. The number of pyridine rings is 1. The van der Waals surface area contributed by atoms with E-state index in [1.807, 2.05) is 20.8 Å². The number of likely N-dealkylation sites (tertiary alicyclic amines) is 1. The zero-order valence-corrected chi connectivity index (χ0v) is 14.7. The van der Waals surface area contributed by atoms with Crippen molar-refractivity contribution >= 4 is 12.0 Å². The lowest BCUT2D eigenvalue weighted by molar-refractivity contribution is 0.0126. The number of carbonyl (C=O) groups excluding carboxylic acids is 2. The third-order valence-corrected chi connectivity index (χ3v) is 3.59. The quantitative estimate of drug-likeness (QED) is 0.916. The Bertz CT molecular complexity index is 590. The van der Waals surface area contributed by atoms with Crippen LogP contribution in [0.3, 0.4) is 0 Å². The number of carbonyl (C=O) groups is 2. The minimum absolute atomic E-state index is 0.00336. The molecule has 1 aromatic heterocycles. The Balaban J connectivity index is 1.87. The van der Waals surface area contributed by atoms with Gasteiger partial charge in [-0.15, -0.1) is 0 Å². The molecule has 0 aliphatic carbocycles. The van der Waals surface area contributed by atoms with Gasteiger partial charge in [0, 0.05) is 45.2 Å². The van der Waals surface area contributed by atoms with Crippen LogP contribution in [0.5, 0.6) is 5.75 Å². The molecule has 2 amide bonds. The molecule has 7 nitrogen and oxygen atoms in total. The molecule has 0 atom stereocenters. The maximum atomic E-state index is 12.0. The van der Waals surface area contributed by atoms with Gasteiger partial charge in [0.2, 0.25) is 0 Å².